The number of halogens is 3. The molecule has 0 N–H and O–H groups in total. The third-order valence-corrected chi connectivity index (χ3v) is 2.61. The highest BCUT2D eigenvalue weighted by molar-refractivity contribution is 5.72. The van der Waals surface area contributed by atoms with Crippen LogP contribution < -0.4 is 0 Å². The minimum Gasteiger partial charge on any atom is -0.258 e. The fourth-order valence-electron chi connectivity index (χ4n) is 1.85. The summed E-state index contributed by atoms with van der Waals surface area (Å²) in [6, 6.07) is 11.1. The van der Waals surface area contributed by atoms with Gasteiger partial charge in [0.05, 0.1) is 4.92 Å². The van der Waals surface area contributed by atoms with Crippen molar-refractivity contribution in [3.63, 3.8) is 0 Å². The maximum Gasteiger partial charge on any atom is 0.423 e. The second kappa shape index (κ2) is 4.72. The summed E-state index contributed by atoms with van der Waals surface area (Å²) in [7, 11) is 0. The molecule has 0 spiro atoms. The molecule has 0 radical (unpaired) electrons. The molecule has 0 heterocycles. The Hall–Kier alpha value is -2.37. The van der Waals surface area contributed by atoms with Crippen LogP contribution in [0.1, 0.15) is 5.56 Å². The van der Waals surface area contributed by atoms with Crippen LogP contribution in [0.25, 0.3) is 11.1 Å². The van der Waals surface area contributed by atoms with Gasteiger partial charge in [-0.2, -0.15) is 13.2 Å². The van der Waals surface area contributed by atoms with Crippen molar-refractivity contribution in [2.24, 2.45) is 0 Å². The van der Waals surface area contributed by atoms with Gasteiger partial charge in [-0.1, -0.05) is 42.5 Å². The van der Waals surface area contributed by atoms with Crippen LogP contribution in [0.15, 0.2) is 48.5 Å². The van der Waals surface area contributed by atoms with Crippen LogP contribution in [0.4, 0.5) is 18.9 Å². The van der Waals surface area contributed by atoms with Gasteiger partial charge in [-0.05, 0) is 5.56 Å². The first kappa shape index (κ1) is 13.1. The number of nitro benzene ring substituents is 1. The van der Waals surface area contributed by atoms with Crippen LogP contribution in [-0.2, 0) is 6.18 Å². The van der Waals surface area contributed by atoms with E-state index in [0.717, 1.165) is 6.07 Å². The van der Waals surface area contributed by atoms with E-state index < -0.39 is 22.4 Å². The highest BCUT2D eigenvalue weighted by Gasteiger charge is 2.40. The maximum atomic E-state index is 13.1. The van der Waals surface area contributed by atoms with Gasteiger partial charge in [-0.3, -0.25) is 10.1 Å². The van der Waals surface area contributed by atoms with Crippen LogP contribution in [0.5, 0.6) is 0 Å². The molecule has 0 aliphatic heterocycles. The molecule has 0 aliphatic carbocycles. The van der Waals surface area contributed by atoms with Gasteiger partial charge >= 0.3 is 6.18 Å². The smallest absolute Gasteiger partial charge is 0.258 e. The second-order valence-electron chi connectivity index (χ2n) is 3.82. The van der Waals surface area contributed by atoms with Gasteiger partial charge in [0.25, 0.3) is 5.69 Å². The first-order valence-corrected chi connectivity index (χ1v) is 5.31. The summed E-state index contributed by atoms with van der Waals surface area (Å²) >= 11 is 0. The van der Waals surface area contributed by atoms with Gasteiger partial charge in [-0.25, -0.2) is 0 Å². The van der Waals surface area contributed by atoms with E-state index in [1.807, 2.05) is 0 Å². The van der Waals surface area contributed by atoms with Gasteiger partial charge in [0, 0.05) is 11.6 Å². The highest BCUT2D eigenvalue weighted by Crippen LogP contribution is 2.42. The molecule has 2 aromatic rings. The Morgan fingerprint density at radius 2 is 1.58 bits per heavy atom. The Morgan fingerprint density at radius 3 is 2.11 bits per heavy atom. The molecule has 19 heavy (non-hydrogen) atoms. The van der Waals surface area contributed by atoms with Crippen molar-refractivity contribution in [1.82, 2.24) is 0 Å². The molecular formula is C13H8F3NO2. The van der Waals surface area contributed by atoms with Crippen molar-refractivity contribution in [2.75, 3.05) is 0 Å². The van der Waals surface area contributed by atoms with Crippen molar-refractivity contribution < 1.29 is 18.1 Å². The maximum absolute atomic E-state index is 13.1. The number of hydrogen-bond donors (Lipinski definition) is 0. The summed E-state index contributed by atoms with van der Waals surface area (Å²) in [5, 5.41) is 10.8. The van der Waals surface area contributed by atoms with Crippen molar-refractivity contribution in [1.29, 1.82) is 0 Å². The topological polar surface area (TPSA) is 43.1 Å². The Bertz CT molecular complexity index is 609. The molecule has 6 heteroatoms. The molecule has 0 aliphatic rings. The summed E-state index contributed by atoms with van der Waals surface area (Å²) in [5.74, 6) is 0. The zero-order chi connectivity index (χ0) is 14.0. The van der Waals surface area contributed by atoms with E-state index in [9.17, 15) is 23.3 Å². The SMILES string of the molecule is O=[N+]([O-])c1cccc(-c2ccccc2)c1C(F)(F)F. The zero-order valence-electron chi connectivity index (χ0n) is 9.52. The van der Waals surface area contributed by atoms with E-state index in [4.69, 9.17) is 0 Å². The number of nitro groups is 1. The highest BCUT2D eigenvalue weighted by atomic mass is 19.4. The quantitative estimate of drug-likeness (QED) is 0.602. The van der Waals surface area contributed by atoms with Crippen molar-refractivity contribution in [3.8, 4) is 11.1 Å². The molecule has 2 aromatic carbocycles. The molecule has 0 aromatic heterocycles. The van der Waals surface area contributed by atoms with Crippen LogP contribution in [-0.4, -0.2) is 4.92 Å². The minimum absolute atomic E-state index is 0.192. The molecule has 0 fully saturated rings. The number of nitrogens with zero attached hydrogens (tertiary/aromatic N) is 1. The molecule has 0 unspecified atom stereocenters. The zero-order valence-corrected chi connectivity index (χ0v) is 9.52. The molecule has 0 amide bonds. The standard InChI is InChI=1S/C13H8F3NO2/c14-13(15,16)12-10(9-5-2-1-3-6-9)7-4-8-11(12)17(18)19/h1-8H. The summed E-state index contributed by atoms with van der Waals surface area (Å²) in [6.07, 6.45) is -4.78. The molecule has 0 saturated carbocycles. The first-order valence-electron chi connectivity index (χ1n) is 5.31. The van der Waals surface area contributed by atoms with E-state index in [2.05, 4.69) is 0 Å². The number of benzene rings is 2. The van der Waals surface area contributed by atoms with E-state index in [1.54, 1.807) is 18.2 Å². The Balaban J connectivity index is 2.75. The predicted molar refractivity (Wildman–Crippen MR) is 63.5 cm³/mol. The van der Waals surface area contributed by atoms with Crippen LogP contribution in [0.3, 0.4) is 0 Å². The third-order valence-electron chi connectivity index (χ3n) is 2.61. The van der Waals surface area contributed by atoms with Crippen molar-refractivity contribution in [2.45, 2.75) is 6.18 Å². The fourth-order valence-corrected chi connectivity index (χ4v) is 1.85. The molecule has 2 rings (SSSR count). The van der Waals surface area contributed by atoms with Crippen LogP contribution in [0.2, 0.25) is 0 Å². The molecule has 0 bridgehead atoms. The lowest BCUT2D eigenvalue weighted by atomic mass is 9.98. The van der Waals surface area contributed by atoms with E-state index in [1.165, 1.54) is 24.3 Å². The largest absolute Gasteiger partial charge is 0.423 e. The minimum atomic E-state index is -4.78. The average molecular weight is 267 g/mol. The van der Waals surface area contributed by atoms with Gasteiger partial charge in [0.1, 0.15) is 5.56 Å². The van der Waals surface area contributed by atoms with Crippen molar-refractivity contribution >= 4 is 5.69 Å². The summed E-state index contributed by atoms with van der Waals surface area (Å²) in [4.78, 5) is 9.74. The van der Waals surface area contributed by atoms with Gasteiger partial charge in [0.15, 0.2) is 0 Å². The first-order chi connectivity index (χ1) is 8.91. The average Bonchev–Trinajstić information content (AvgIpc) is 2.38. The lowest BCUT2D eigenvalue weighted by molar-refractivity contribution is -0.388. The molecule has 0 saturated heterocycles. The van der Waals surface area contributed by atoms with Crippen LogP contribution >= 0.6 is 0 Å². The fraction of sp³-hybridized carbons (Fsp3) is 0.0769. The molecule has 3 nitrogen and oxygen atoms in total. The lowest BCUT2D eigenvalue weighted by Gasteiger charge is -2.13. The Kier molecular flexibility index (Phi) is 3.25. The lowest BCUT2D eigenvalue weighted by Crippen LogP contribution is -2.10. The predicted octanol–water partition coefficient (Wildman–Crippen LogP) is 4.28. The summed E-state index contributed by atoms with van der Waals surface area (Å²) in [6.45, 7) is 0. The summed E-state index contributed by atoms with van der Waals surface area (Å²) < 4.78 is 39.2. The number of hydrogen-bond acceptors (Lipinski definition) is 2. The Morgan fingerprint density at radius 1 is 0.947 bits per heavy atom. The normalized spacial score (nSPS) is 11.3. The molecular weight excluding hydrogens is 259 g/mol. The monoisotopic (exact) mass is 267 g/mol. The summed E-state index contributed by atoms with van der Waals surface area (Å²) in [5.41, 5.74) is -2.05. The van der Waals surface area contributed by atoms with Gasteiger partial charge < -0.3 is 0 Å². The molecule has 98 valence electrons. The Labute approximate surface area is 106 Å². The second-order valence-corrected chi connectivity index (χ2v) is 3.82. The van der Waals surface area contributed by atoms with E-state index in [0.29, 0.717) is 5.56 Å². The van der Waals surface area contributed by atoms with E-state index >= 15 is 0 Å². The third kappa shape index (κ3) is 2.57. The number of alkyl halides is 3. The number of rotatable bonds is 2. The van der Waals surface area contributed by atoms with Gasteiger partial charge in [-0.15, -0.1) is 0 Å². The molecule has 0 atom stereocenters. The van der Waals surface area contributed by atoms with Gasteiger partial charge in [0.2, 0.25) is 0 Å². The van der Waals surface area contributed by atoms with E-state index in [-0.39, 0.29) is 5.56 Å². The van der Waals surface area contributed by atoms with Crippen molar-refractivity contribution in [3.05, 3.63) is 64.2 Å². The van der Waals surface area contributed by atoms with Crippen LogP contribution in [0, 0.1) is 10.1 Å².